The number of ether oxygens (including phenoxy) is 1. The molecule has 1 aliphatic rings. The van der Waals surface area contributed by atoms with Gasteiger partial charge in [0.1, 0.15) is 0 Å². The standard InChI is InChI=1S/C18H20BrNO/c1-2-21-12-14-5-3-4-6-17(14)20-18-10-7-13-11-15(19)8-9-16(13)18/h3-6,8-9,11,18,20H,2,7,10,12H2,1H3. The summed E-state index contributed by atoms with van der Waals surface area (Å²) < 4.78 is 6.73. The average molecular weight is 346 g/mol. The van der Waals surface area contributed by atoms with Crippen LogP contribution in [-0.2, 0) is 17.8 Å². The molecule has 0 saturated carbocycles. The number of hydrogen-bond acceptors (Lipinski definition) is 2. The third-order valence-electron chi connectivity index (χ3n) is 3.99. The number of benzene rings is 2. The first-order valence-electron chi connectivity index (χ1n) is 7.48. The van der Waals surface area contributed by atoms with Crippen molar-refractivity contribution in [3.63, 3.8) is 0 Å². The van der Waals surface area contributed by atoms with Crippen LogP contribution in [0.5, 0.6) is 0 Å². The van der Waals surface area contributed by atoms with E-state index in [1.807, 2.05) is 6.92 Å². The van der Waals surface area contributed by atoms with E-state index < -0.39 is 0 Å². The van der Waals surface area contributed by atoms with E-state index in [2.05, 4.69) is 63.7 Å². The van der Waals surface area contributed by atoms with Gasteiger partial charge in [-0.05, 0) is 49.1 Å². The van der Waals surface area contributed by atoms with Gasteiger partial charge in [0.25, 0.3) is 0 Å². The highest BCUT2D eigenvalue weighted by Gasteiger charge is 2.22. The van der Waals surface area contributed by atoms with Crippen LogP contribution in [0, 0.1) is 0 Å². The molecule has 0 bridgehead atoms. The maximum Gasteiger partial charge on any atom is 0.0736 e. The van der Waals surface area contributed by atoms with Gasteiger partial charge >= 0.3 is 0 Å². The lowest BCUT2D eigenvalue weighted by atomic mass is 10.1. The van der Waals surface area contributed by atoms with E-state index in [0.717, 1.165) is 19.4 Å². The van der Waals surface area contributed by atoms with Gasteiger partial charge in [0, 0.05) is 22.3 Å². The highest BCUT2D eigenvalue weighted by Crippen LogP contribution is 2.36. The molecule has 0 fully saturated rings. The second-order valence-electron chi connectivity index (χ2n) is 5.37. The first kappa shape index (κ1) is 14.6. The normalized spacial score (nSPS) is 16.8. The van der Waals surface area contributed by atoms with Gasteiger partial charge in [0.15, 0.2) is 0 Å². The molecule has 0 saturated heterocycles. The SMILES string of the molecule is CCOCc1ccccc1NC1CCc2cc(Br)ccc21. The van der Waals surface area contributed by atoms with Gasteiger partial charge in [0.05, 0.1) is 12.6 Å². The van der Waals surface area contributed by atoms with Crippen LogP contribution in [0.25, 0.3) is 0 Å². The molecule has 3 heteroatoms. The quantitative estimate of drug-likeness (QED) is 0.815. The zero-order valence-electron chi connectivity index (χ0n) is 12.2. The molecule has 1 atom stereocenters. The number of halogens is 1. The van der Waals surface area contributed by atoms with Crippen LogP contribution in [0.15, 0.2) is 46.9 Å². The van der Waals surface area contributed by atoms with E-state index in [-0.39, 0.29) is 0 Å². The van der Waals surface area contributed by atoms with Crippen molar-refractivity contribution in [3.05, 3.63) is 63.6 Å². The van der Waals surface area contributed by atoms with Gasteiger partial charge in [-0.2, -0.15) is 0 Å². The van der Waals surface area contributed by atoms with Gasteiger partial charge in [0.2, 0.25) is 0 Å². The van der Waals surface area contributed by atoms with Crippen LogP contribution in [0.4, 0.5) is 5.69 Å². The smallest absolute Gasteiger partial charge is 0.0736 e. The molecule has 2 aromatic carbocycles. The Kier molecular flexibility index (Phi) is 4.61. The minimum absolute atomic E-state index is 0.399. The van der Waals surface area contributed by atoms with E-state index in [0.29, 0.717) is 12.6 Å². The number of rotatable bonds is 5. The highest BCUT2D eigenvalue weighted by atomic mass is 79.9. The summed E-state index contributed by atoms with van der Waals surface area (Å²) in [7, 11) is 0. The second-order valence-corrected chi connectivity index (χ2v) is 6.29. The largest absolute Gasteiger partial charge is 0.378 e. The van der Waals surface area contributed by atoms with Crippen molar-refractivity contribution in [2.45, 2.75) is 32.4 Å². The monoisotopic (exact) mass is 345 g/mol. The van der Waals surface area contributed by atoms with Crippen molar-refractivity contribution >= 4 is 21.6 Å². The average Bonchev–Trinajstić information content (AvgIpc) is 2.88. The molecule has 2 nitrogen and oxygen atoms in total. The molecule has 0 aromatic heterocycles. The van der Waals surface area contributed by atoms with Crippen molar-refractivity contribution in [2.75, 3.05) is 11.9 Å². The Balaban J connectivity index is 1.80. The van der Waals surface area contributed by atoms with Crippen LogP contribution in [0.1, 0.15) is 36.1 Å². The zero-order chi connectivity index (χ0) is 14.7. The molecule has 1 unspecified atom stereocenters. The molecule has 0 heterocycles. The molecule has 0 aliphatic heterocycles. The van der Waals surface area contributed by atoms with Crippen molar-refractivity contribution in [1.82, 2.24) is 0 Å². The van der Waals surface area contributed by atoms with E-state index in [4.69, 9.17) is 4.74 Å². The molecule has 0 radical (unpaired) electrons. The number of aryl methyl sites for hydroxylation is 1. The van der Waals surface area contributed by atoms with E-state index in [1.165, 1.54) is 26.9 Å². The Morgan fingerprint density at radius 1 is 1.24 bits per heavy atom. The predicted molar refractivity (Wildman–Crippen MR) is 90.6 cm³/mol. The molecule has 0 spiro atoms. The lowest BCUT2D eigenvalue weighted by Gasteiger charge is -2.18. The van der Waals surface area contributed by atoms with E-state index in [9.17, 15) is 0 Å². The fourth-order valence-electron chi connectivity index (χ4n) is 2.92. The minimum Gasteiger partial charge on any atom is -0.378 e. The fraction of sp³-hybridized carbons (Fsp3) is 0.333. The Morgan fingerprint density at radius 3 is 2.95 bits per heavy atom. The van der Waals surface area contributed by atoms with Crippen LogP contribution >= 0.6 is 15.9 Å². The van der Waals surface area contributed by atoms with E-state index >= 15 is 0 Å². The summed E-state index contributed by atoms with van der Waals surface area (Å²) >= 11 is 3.55. The maximum absolute atomic E-state index is 5.56. The molecule has 1 aliphatic carbocycles. The lowest BCUT2D eigenvalue weighted by molar-refractivity contribution is 0.134. The van der Waals surface area contributed by atoms with Gasteiger partial charge in [-0.15, -0.1) is 0 Å². The second kappa shape index (κ2) is 6.63. The third kappa shape index (κ3) is 3.30. The number of fused-ring (bicyclic) bond motifs is 1. The van der Waals surface area contributed by atoms with Crippen molar-refractivity contribution in [1.29, 1.82) is 0 Å². The molecule has 1 N–H and O–H groups in total. The van der Waals surface area contributed by atoms with Crippen LogP contribution in [-0.4, -0.2) is 6.61 Å². The Hall–Kier alpha value is -1.32. The topological polar surface area (TPSA) is 21.3 Å². The number of hydrogen-bond donors (Lipinski definition) is 1. The van der Waals surface area contributed by atoms with Crippen LogP contribution in [0.3, 0.4) is 0 Å². The lowest BCUT2D eigenvalue weighted by Crippen LogP contribution is -2.09. The molecule has 3 rings (SSSR count). The van der Waals surface area contributed by atoms with Crippen molar-refractivity contribution in [3.8, 4) is 0 Å². The summed E-state index contributed by atoms with van der Waals surface area (Å²) in [6.07, 6.45) is 2.29. The molecule has 0 amide bonds. The first-order valence-corrected chi connectivity index (χ1v) is 8.27. The van der Waals surface area contributed by atoms with Gasteiger partial charge < -0.3 is 10.1 Å². The summed E-state index contributed by atoms with van der Waals surface area (Å²) in [5.74, 6) is 0. The maximum atomic E-state index is 5.56. The Bertz CT molecular complexity index is 626. The highest BCUT2D eigenvalue weighted by molar-refractivity contribution is 9.10. The number of para-hydroxylation sites is 1. The van der Waals surface area contributed by atoms with Crippen LogP contribution in [0.2, 0.25) is 0 Å². The molecule has 2 aromatic rings. The van der Waals surface area contributed by atoms with Crippen LogP contribution < -0.4 is 5.32 Å². The van der Waals surface area contributed by atoms with Gasteiger partial charge in [-0.25, -0.2) is 0 Å². The number of anilines is 1. The van der Waals surface area contributed by atoms with Gasteiger partial charge in [-0.1, -0.05) is 40.2 Å². The molecule has 21 heavy (non-hydrogen) atoms. The Morgan fingerprint density at radius 2 is 2.10 bits per heavy atom. The predicted octanol–water partition coefficient (Wildman–Crippen LogP) is 5.09. The molecular weight excluding hydrogens is 326 g/mol. The summed E-state index contributed by atoms with van der Waals surface area (Å²) in [5, 5.41) is 3.70. The minimum atomic E-state index is 0.399. The summed E-state index contributed by atoms with van der Waals surface area (Å²) in [4.78, 5) is 0. The molecule has 110 valence electrons. The zero-order valence-corrected chi connectivity index (χ0v) is 13.8. The first-order chi connectivity index (χ1) is 10.3. The van der Waals surface area contributed by atoms with Crippen molar-refractivity contribution in [2.24, 2.45) is 0 Å². The van der Waals surface area contributed by atoms with E-state index in [1.54, 1.807) is 0 Å². The van der Waals surface area contributed by atoms with Gasteiger partial charge in [-0.3, -0.25) is 0 Å². The Labute approximate surface area is 134 Å². The summed E-state index contributed by atoms with van der Waals surface area (Å²) in [6, 6.07) is 15.4. The summed E-state index contributed by atoms with van der Waals surface area (Å²) in [5.41, 5.74) is 5.28. The number of nitrogens with one attached hydrogen (secondary N) is 1. The third-order valence-corrected chi connectivity index (χ3v) is 4.48. The summed E-state index contributed by atoms with van der Waals surface area (Å²) in [6.45, 7) is 3.44. The fourth-order valence-corrected chi connectivity index (χ4v) is 3.33. The van der Waals surface area contributed by atoms with Crippen molar-refractivity contribution < 1.29 is 4.74 Å². The molecular formula is C18H20BrNO.